The highest BCUT2D eigenvalue weighted by molar-refractivity contribution is 5.79. The molecule has 0 unspecified atom stereocenters. The molecule has 3 amide bonds. The zero-order valence-electron chi connectivity index (χ0n) is 20.6. The van der Waals surface area contributed by atoms with E-state index in [2.05, 4.69) is 5.32 Å². The average molecular weight is 474 g/mol. The van der Waals surface area contributed by atoms with E-state index in [4.69, 9.17) is 9.47 Å². The normalized spacial score (nSPS) is 17.0. The summed E-state index contributed by atoms with van der Waals surface area (Å²) in [5.41, 5.74) is 1.10. The third-order valence-corrected chi connectivity index (χ3v) is 7.03. The SMILES string of the molecule is CCOC(=O)CCCCCNC(=O)N1CCC2(CCN(C(=O)Cc3cccc(OC)c3)CC2)C1. The number of ether oxygens (including phenoxy) is 2. The topological polar surface area (TPSA) is 88.2 Å². The minimum absolute atomic E-state index is 0.00111. The molecule has 1 aromatic rings. The molecule has 34 heavy (non-hydrogen) atoms. The van der Waals surface area contributed by atoms with E-state index in [0.717, 1.165) is 76.0 Å². The summed E-state index contributed by atoms with van der Waals surface area (Å²) in [6, 6.07) is 7.66. The lowest BCUT2D eigenvalue weighted by atomic mass is 9.77. The highest BCUT2D eigenvalue weighted by atomic mass is 16.5. The molecular formula is C26H39N3O5. The number of nitrogens with zero attached hydrogens (tertiary/aromatic N) is 2. The van der Waals surface area contributed by atoms with Crippen molar-refractivity contribution in [3.63, 3.8) is 0 Å². The second kappa shape index (κ2) is 12.6. The van der Waals surface area contributed by atoms with Gasteiger partial charge in [-0.05, 0) is 62.1 Å². The van der Waals surface area contributed by atoms with Gasteiger partial charge in [0.25, 0.3) is 0 Å². The highest BCUT2D eigenvalue weighted by Crippen LogP contribution is 2.40. The van der Waals surface area contributed by atoms with Crippen LogP contribution in [0.5, 0.6) is 5.75 Å². The number of urea groups is 1. The molecule has 0 bridgehead atoms. The van der Waals surface area contributed by atoms with Crippen molar-refractivity contribution >= 4 is 17.9 Å². The van der Waals surface area contributed by atoms with Crippen molar-refractivity contribution in [2.24, 2.45) is 5.41 Å². The van der Waals surface area contributed by atoms with Gasteiger partial charge in [-0.3, -0.25) is 9.59 Å². The van der Waals surface area contributed by atoms with Gasteiger partial charge in [-0.2, -0.15) is 0 Å². The van der Waals surface area contributed by atoms with Gasteiger partial charge in [-0.1, -0.05) is 18.6 Å². The van der Waals surface area contributed by atoms with E-state index < -0.39 is 0 Å². The Kier molecular flexibility index (Phi) is 9.60. The first-order valence-electron chi connectivity index (χ1n) is 12.5. The van der Waals surface area contributed by atoms with Gasteiger partial charge >= 0.3 is 12.0 Å². The Morgan fingerprint density at radius 2 is 1.76 bits per heavy atom. The number of nitrogens with one attached hydrogen (secondary N) is 1. The third-order valence-electron chi connectivity index (χ3n) is 7.03. The maximum Gasteiger partial charge on any atom is 0.317 e. The molecule has 8 heteroatoms. The molecule has 0 aromatic heterocycles. The monoisotopic (exact) mass is 473 g/mol. The Labute approximate surface area is 202 Å². The van der Waals surface area contributed by atoms with Gasteiger partial charge in [0.2, 0.25) is 5.91 Å². The summed E-state index contributed by atoms with van der Waals surface area (Å²) in [4.78, 5) is 40.6. The molecule has 2 aliphatic rings. The van der Waals surface area contributed by atoms with Crippen LogP contribution in [0.15, 0.2) is 24.3 Å². The first kappa shape index (κ1) is 25.8. The predicted molar refractivity (Wildman–Crippen MR) is 130 cm³/mol. The molecule has 2 saturated heterocycles. The number of esters is 1. The predicted octanol–water partition coefficient (Wildman–Crippen LogP) is 3.39. The number of hydrogen-bond donors (Lipinski definition) is 1. The van der Waals surface area contributed by atoms with Gasteiger partial charge in [-0.15, -0.1) is 0 Å². The molecule has 2 fully saturated rings. The fourth-order valence-electron chi connectivity index (χ4n) is 4.93. The van der Waals surface area contributed by atoms with E-state index in [-0.39, 0.29) is 23.3 Å². The van der Waals surface area contributed by atoms with Crippen molar-refractivity contribution in [1.29, 1.82) is 0 Å². The van der Waals surface area contributed by atoms with Crippen LogP contribution in [0.3, 0.4) is 0 Å². The number of hydrogen-bond acceptors (Lipinski definition) is 5. The summed E-state index contributed by atoms with van der Waals surface area (Å²) in [6.07, 6.45) is 6.24. The molecule has 1 aromatic carbocycles. The van der Waals surface area contributed by atoms with Gasteiger partial charge in [0.1, 0.15) is 5.75 Å². The number of benzene rings is 1. The molecule has 0 radical (unpaired) electrons. The molecule has 3 rings (SSSR count). The number of piperidine rings is 1. The van der Waals surface area contributed by atoms with Crippen LogP contribution in [-0.4, -0.2) is 74.1 Å². The molecule has 2 heterocycles. The first-order valence-corrected chi connectivity index (χ1v) is 12.5. The Morgan fingerprint density at radius 3 is 2.47 bits per heavy atom. The Hall–Kier alpha value is -2.77. The van der Waals surface area contributed by atoms with E-state index in [1.807, 2.05) is 41.0 Å². The standard InChI is InChI=1S/C26H39N3O5/c1-3-34-24(31)10-5-4-6-14-27-25(32)29-17-13-26(20-29)11-15-28(16-12-26)23(30)19-21-8-7-9-22(18-21)33-2/h7-9,18H,3-6,10-17,19-20H2,1-2H3,(H,27,32). The third kappa shape index (κ3) is 7.37. The maximum absolute atomic E-state index is 12.8. The number of carbonyl (C=O) groups is 3. The zero-order chi connectivity index (χ0) is 24.4. The lowest BCUT2D eigenvalue weighted by Gasteiger charge is -2.39. The molecule has 2 aliphatic heterocycles. The summed E-state index contributed by atoms with van der Waals surface area (Å²) in [7, 11) is 1.63. The maximum atomic E-state index is 12.8. The Morgan fingerprint density at radius 1 is 1.03 bits per heavy atom. The van der Waals surface area contributed by atoms with Gasteiger partial charge in [-0.25, -0.2) is 4.79 Å². The minimum Gasteiger partial charge on any atom is -0.497 e. The molecule has 8 nitrogen and oxygen atoms in total. The van der Waals surface area contributed by atoms with Crippen molar-refractivity contribution in [1.82, 2.24) is 15.1 Å². The summed E-state index contributed by atoms with van der Waals surface area (Å²) in [6.45, 7) is 5.88. The molecule has 0 saturated carbocycles. The van der Waals surface area contributed by atoms with Crippen LogP contribution in [-0.2, 0) is 20.7 Å². The Bertz CT molecular complexity index is 835. The van der Waals surface area contributed by atoms with Crippen molar-refractivity contribution in [3.8, 4) is 5.75 Å². The van der Waals surface area contributed by atoms with Crippen LogP contribution in [0.2, 0.25) is 0 Å². The second-order valence-electron chi connectivity index (χ2n) is 9.43. The summed E-state index contributed by atoms with van der Waals surface area (Å²) in [5.74, 6) is 0.768. The van der Waals surface area contributed by atoms with Gasteiger partial charge in [0.05, 0.1) is 20.1 Å². The molecule has 0 aliphatic carbocycles. The van der Waals surface area contributed by atoms with E-state index in [1.54, 1.807) is 7.11 Å². The fraction of sp³-hybridized carbons (Fsp3) is 0.654. The molecule has 1 spiro atoms. The van der Waals surface area contributed by atoms with Crippen molar-refractivity contribution in [2.45, 2.75) is 58.3 Å². The molecule has 0 atom stereocenters. The smallest absolute Gasteiger partial charge is 0.317 e. The van der Waals surface area contributed by atoms with Crippen LogP contribution in [0.25, 0.3) is 0 Å². The fourth-order valence-corrected chi connectivity index (χ4v) is 4.93. The molecule has 1 N–H and O–H groups in total. The van der Waals surface area contributed by atoms with Gasteiger partial charge in [0, 0.05) is 39.1 Å². The number of likely N-dealkylation sites (tertiary alicyclic amines) is 2. The minimum atomic E-state index is -0.151. The van der Waals surface area contributed by atoms with Crippen molar-refractivity contribution in [3.05, 3.63) is 29.8 Å². The lowest BCUT2D eigenvalue weighted by molar-refractivity contribution is -0.143. The lowest BCUT2D eigenvalue weighted by Crippen LogP contribution is -2.46. The van der Waals surface area contributed by atoms with Crippen LogP contribution in [0, 0.1) is 5.41 Å². The van der Waals surface area contributed by atoms with Crippen molar-refractivity contribution in [2.75, 3.05) is 46.4 Å². The van der Waals surface area contributed by atoms with E-state index in [9.17, 15) is 14.4 Å². The van der Waals surface area contributed by atoms with Crippen LogP contribution >= 0.6 is 0 Å². The first-order chi connectivity index (χ1) is 16.4. The average Bonchev–Trinajstić information content (AvgIpc) is 3.25. The number of methoxy groups -OCH3 is 1. The molecular weight excluding hydrogens is 434 g/mol. The Balaban J connectivity index is 1.34. The summed E-state index contributed by atoms with van der Waals surface area (Å²) in [5, 5.41) is 3.02. The van der Waals surface area contributed by atoms with E-state index >= 15 is 0 Å². The zero-order valence-corrected chi connectivity index (χ0v) is 20.6. The number of rotatable bonds is 10. The van der Waals surface area contributed by atoms with Gasteiger partial charge in [0.15, 0.2) is 0 Å². The van der Waals surface area contributed by atoms with E-state index in [0.29, 0.717) is 26.0 Å². The number of unbranched alkanes of at least 4 members (excludes halogenated alkanes) is 2. The second-order valence-corrected chi connectivity index (χ2v) is 9.43. The van der Waals surface area contributed by atoms with Crippen LogP contribution < -0.4 is 10.1 Å². The quantitative estimate of drug-likeness (QED) is 0.416. The number of amides is 3. The number of carbonyl (C=O) groups excluding carboxylic acids is 3. The van der Waals surface area contributed by atoms with Crippen molar-refractivity contribution < 1.29 is 23.9 Å². The van der Waals surface area contributed by atoms with Crippen LogP contribution in [0.4, 0.5) is 4.79 Å². The largest absolute Gasteiger partial charge is 0.497 e. The highest BCUT2D eigenvalue weighted by Gasteiger charge is 2.42. The van der Waals surface area contributed by atoms with Crippen LogP contribution in [0.1, 0.15) is 57.4 Å². The van der Waals surface area contributed by atoms with E-state index in [1.165, 1.54) is 0 Å². The summed E-state index contributed by atoms with van der Waals surface area (Å²) >= 11 is 0. The summed E-state index contributed by atoms with van der Waals surface area (Å²) < 4.78 is 10.2. The van der Waals surface area contributed by atoms with Gasteiger partial charge < -0.3 is 24.6 Å². The molecule has 188 valence electrons.